The van der Waals surface area contributed by atoms with Gasteiger partial charge in [-0.3, -0.25) is 9.36 Å². The van der Waals surface area contributed by atoms with Crippen LogP contribution in [0.5, 0.6) is 0 Å². The predicted octanol–water partition coefficient (Wildman–Crippen LogP) is 1.42. The number of aromatic nitrogens is 3. The maximum absolute atomic E-state index is 10.7. The number of carbonyl (C=O) groups is 1. The topological polar surface area (TPSA) is 74.5 Å². The number of hydrogen-bond acceptors (Lipinski definition) is 6. The van der Waals surface area contributed by atoms with Gasteiger partial charge in [-0.15, -0.1) is 10.2 Å². The minimum absolute atomic E-state index is 0.00476. The summed E-state index contributed by atoms with van der Waals surface area (Å²) in [6.07, 6.45) is 1.03. The molecule has 0 aliphatic carbocycles. The Balaban J connectivity index is 2.78. The quantitative estimate of drug-likeness (QED) is 0.691. The highest BCUT2D eigenvalue weighted by atomic mass is 32.2. The van der Waals surface area contributed by atoms with Crippen molar-refractivity contribution in [2.75, 3.05) is 44.9 Å². The van der Waals surface area contributed by atoms with Gasteiger partial charge in [0, 0.05) is 19.6 Å². The van der Waals surface area contributed by atoms with Gasteiger partial charge in [-0.1, -0.05) is 11.8 Å². The lowest BCUT2D eigenvalue weighted by Crippen LogP contribution is -2.26. The molecule has 8 heteroatoms. The van der Waals surface area contributed by atoms with Gasteiger partial charge >= 0.3 is 5.97 Å². The molecule has 0 radical (unpaired) electrons. The van der Waals surface area contributed by atoms with Crippen molar-refractivity contribution in [1.29, 1.82) is 0 Å². The first-order valence-electron chi connectivity index (χ1n) is 6.98. The van der Waals surface area contributed by atoms with Crippen LogP contribution in [0.1, 0.15) is 26.3 Å². The van der Waals surface area contributed by atoms with Gasteiger partial charge in [0.2, 0.25) is 5.95 Å². The molecule has 0 saturated carbocycles. The number of hydrogen-bond donors (Lipinski definition) is 1. The molecule has 1 aromatic rings. The summed E-state index contributed by atoms with van der Waals surface area (Å²) in [6.45, 7) is 5.99. The van der Waals surface area contributed by atoms with Gasteiger partial charge in [0.05, 0.1) is 5.75 Å². The van der Waals surface area contributed by atoms with Gasteiger partial charge in [0.15, 0.2) is 5.16 Å². The van der Waals surface area contributed by atoms with E-state index in [4.69, 9.17) is 5.11 Å². The van der Waals surface area contributed by atoms with Crippen LogP contribution in [0.15, 0.2) is 5.16 Å². The van der Waals surface area contributed by atoms with Crippen molar-refractivity contribution in [3.8, 4) is 0 Å². The molecule has 120 valence electrons. The predicted molar refractivity (Wildman–Crippen MR) is 85.2 cm³/mol. The van der Waals surface area contributed by atoms with E-state index < -0.39 is 5.97 Å². The largest absolute Gasteiger partial charge is 0.481 e. The third-order valence-corrected chi connectivity index (χ3v) is 3.86. The number of carboxylic acid groups (broad SMARTS) is 1. The maximum atomic E-state index is 10.7. The number of carboxylic acids is 1. The zero-order valence-electron chi connectivity index (χ0n) is 13.4. The fourth-order valence-electron chi connectivity index (χ4n) is 1.93. The first-order chi connectivity index (χ1) is 9.82. The molecule has 0 aliphatic rings. The Kier molecular flexibility index (Phi) is 6.97. The normalized spacial score (nSPS) is 11.4. The number of aliphatic carboxylic acids is 1. The summed E-state index contributed by atoms with van der Waals surface area (Å²) < 4.78 is 1.99. The first kappa shape index (κ1) is 17.8. The highest BCUT2D eigenvalue weighted by molar-refractivity contribution is 7.99. The summed E-state index contributed by atoms with van der Waals surface area (Å²) in [7, 11) is 6.10. The lowest BCUT2D eigenvalue weighted by Gasteiger charge is -2.22. The van der Waals surface area contributed by atoms with Gasteiger partial charge in [0.25, 0.3) is 0 Å². The lowest BCUT2D eigenvalue weighted by atomic mass is 10.3. The van der Waals surface area contributed by atoms with Crippen molar-refractivity contribution in [1.82, 2.24) is 19.7 Å². The molecule has 1 rings (SSSR count). The Bertz CT molecular complexity index is 461. The molecule has 7 nitrogen and oxygen atoms in total. The number of anilines is 1. The summed E-state index contributed by atoms with van der Waals surface area (Å²) in [5.74, 6) is -0.0642. The minimum atomic E-state index is -0.848. The van der Waals surface area contributed by atoms with E-state index in [1.54, 1.807) is 0 Å². The zero-order valence-corrected chi connectivity index (χ0v) is 14.2. The SMILES string of the molecule is CC(C)n1c(SCC(=O)O)nnc1N(C)CCCN(C)C. The maximum Gasteiger partial charge on any atom is 0.313 e. The average molecular weight is 315 g/mol. The Hall–Kier alpha value is -1.28. The fraction of sp³-hybridized carbons (Fsp3) is 0.769. The molecule has 1 heterocycles. The van der Waals surface area contributed by atoms with Crippen molar-refractivity contribution in [3.63, 3.8) is 0 Å². The first-order valence-corrected chi connectivity index (χ1v) is 7.96. The van der Waals surface area contributed by atoms with E-state index in [1.165, 1.54) is 11.8 Å². The summed E-state index contributed by atoms with van der Waals surface area (Å²) in [5, 5.41) is 17.8. The molecule has 1 aromatic heterocycles. The third-order valence-electron chi connectivity index (χ3n) is 2.93. The van der Waals surface area contributed by atoms with Crippen LogP contribution in [0.2, 0.25) is 0 Å². The van der Waals surface area contributed by atoms with Crippen LogP contribution in [0.3, 0.4) is 0 Å². The monoisotopic (exact) mass is 315 g/mol. The van der Waals surface area contributed by atoms with Crippen LogP contribution in [-0.2, 0) is 4.79 Å². The Labute approximate surface area is 130 Å². The van der Waals surface area contributed by atoms with Crippen molar-refractivity contribution in [3.05, 3.63) is 0 Å². The summed E-state index contributed by atoms with van der Waals surface area (Å²) in [6, 6.07) is 0.183. The number of thioether (sulfide) groups is 1. The van der Waals surface area contributed by atoms with Crippen molar-refractivity contribution >= 4 is 23.7 Å². The molecule has 0 aliphatic heterocycles. The van der Waals surface area contributed by atoms with Gasteiger partial charge in [-0.25, -0.2) is 0 Å². The molecular weight excluding hydrogens is 290 g/mol. The molecule has 0 aromatic carbocycles. The second kappa shape index (κ2) is 8.23. The molecule has 0 spiro atoms. The lowest BCUT2D eigenvalue weighted by molar-refractivity contribution is -0.133. The van der Waals surface area contributed by atoms with E-state index in [2.05, 4.69) is 34.1 Å². The van der Waals surface area contributed by atoms with Crippen LogP contribution in [0.25, 0.3) is 0 Å². The summed E-state index contributed by atoms with van der Waals surface area (Å²) >= 11 is 1.21. The summed E-state index contributed by atoms with van der Waals surface area (Å²) in [4.78, 5) is 14.9. The standard InChI is InChI=1S/C13H25N5O2S/c1-10(2)18-12(17(5)8-6-7-16(3)4)14-15-13(18)21-9-11(19)20/h10H,6-9H2,1-5H3,(H,19,20). The molecule has 0 amide bonds. The minimum Gasteiger partial charge on any atom is -0.481 e. The van der Waals surface area contributed by atoms with E-state index in [1.807, 2.05) is 25.5 Å². The Morgan fingerprint density at radius 3 is 2.48 bits per heavy atom. The Morgan fingerprint density at radius 2 is 1.95 bits per heavy atom. The van der Waals surface area contributed by atoms with E-state index >= 15 is 0 Å². The molecular formula is C13H25N5O2S. The smallest absolute Gasteiger partial charge is 0.313 e. The van der Waals surface area contributed by atoms with Gasteiger partial charge in [0.1, 0.15) is 0 Å². The highest BCUT2D eigenvalue weighted by Gasteiger charge is 2.18. The molecule has 0 fully saturated rings. The molecule has 1 N–H and O–H groups in total. The van der Waals surface area contributed by atoms with E-state index in [-0.39, 0.29) is 11.8 Å². The van der Waals surface area contributed by atoms with Gasteiger partial charge < -0.3 is 14.9 Å². The van der Waals surface area contributed by atoms with E-state index in [0.717, 1.165) is 25.5 Å². The third kappa shape index (κ3) is 5.55. The summed E-state index contributed by atoms with van der Waals surface area (Å²) in [5.41, 5.74) is 0. The van der Waals surface area contributed by atoms with Crippen LogP contribution < -0.4 is 4.90 Å². The number of nitrogens with zero attached hydrogens (tertiary/aromatic N) is 5. The van der Waals surface area contributed by atoms with E-state index in [0.29, 0.717) is 5.16 Å². The van der Waals surface area contributed by atoms with E-state index in [9.17, 15) is 4.79 Å². The van der Waals surface area contributed by atoms with Crippen LogP contribution in [-0.4, -0.2) is 70.7 Å². The molecule has 0 saturated heterocycles. The van der Waals surface area contributed by atoms with Gasteiger partial charge in [-0.05, 0) is 40.9 Å². The van der Waals surface area contributed by atoms with Crippen molar-refractivity contribution < 1.29 is 9.90 Å². The van der Waals surface area contributed by atoms with Crippen LogP contribution in [0, 0.1) is 0 Å². The molecule has 0 atom stereocenters. The van der Waals surface area contributed by atoms with Crippen LogP contribution in [0.4, 0.5) is 5.95 Å². The van der Waals surface area contributed by atoms with Crippen molar-refractivity contribution in [2.45, 2.75) is 31.5 Å². The highest BCUT2D eigenvalue weighted by Crippen LogP contribution is 2.25. The molecule has 0 bridgehead atoms. The zero-order chi connectivity index (χ0) is 16.0. The molecule has 21 heavy (non-hydrogen) atoms. The van der Waals surface area contributed by atoms with Crippen LogP contribution >= 0.6 is 11.8 Å². The number of rotatable bonds is 9. The fourth-order valence-corrected chi connectivity index (χ4v) is 2.71. The van der Waals surface area contributed by atoms with Gasteiger partial charge in [-0.2, -0.15) is 0 Å². The molecule has 0 unspecified atom stereocenters. The Morgan fingerprint density at radius 1 is 1.29 bits per heavy atom. The van der Waals surface area contributed by atoms with Crippen molar-refractivity contribution in [2.24, 2.45) is 0 Å². The second-order valence-corrected chi connectivity index (χ2v) is 6.45. The second-order valence-electron chi connectivity index (χ2n) is 5.51. The average Bonchev–Trinajstić information content (AvgIpc) is 2.79.